The van der Waals surface area contributed by atoms with Gasteiger partial charge in [0.05, 0.1) is 25.4 Å². The van der Waals surface area contributed by atoms with E-state index >= 15 is 0 Å². The molecule has 0 amide bonds. The van der Waals surface area contributed by atoms with Crippen LogP contribution in [-0.4, -0.2) is 71.4 Å². The lowest BCUT2D eigenvalue weighted by Crippen LogP contribution is -2.32. The van der Waals surface area contributed by atoms with E-state index < -0.39 is 13.2 Å². The topological polar surface area (TPSA) is 99.4 Å². The van der Waals surface area contributed by atoms with E-state index in [2.05, 4.69) is 25.3 Å². The van der Waals surface area contributed by atoms with Gasteiger partial charge in [0, 0.05) is 11.5 Å². The molecule has 2 unspecified atom stereocenters. The zero-order valence-corrected chi connectivity index (χ0v) is 17.2. The van der Waals surface area contributed by atoms with E-state index in [4.69, 9.17) is 29.6 Å². The smallest absolute Gasteiger partial charge is 0.423 e. The average Bonchev–Trinajstić information content (AvgIpc) is 3.25. The van der Waals surface area contributed by atoms with Crippen molar-refractivity contribution in [1.82, 2.24) is 0 Å². The third-order valence-corrected chi connectivity index (χ3v) is 4.37. The fourth-order valence-corrected chi connectivity index (χ4v) is 2.32. The summed E-state index contributed by atoms with van der Waals surface area (Å²) in [5.41, 5.74) is 1.60. The highest BCUT2D eigenvalue weighted by Crippen LogP contribution is 2.09. The summed E-state index contributed by atoms with van der Waals surface area (Å²) in [5.74, 6) is 1.04. The summed E-state index contributed by atoms with van der Waals surface area (Å²) >= 11 is 7.85. The molecule has 1 aliphatic rings. The van der Waals surface area contributed by atoms with Crippen LogP contribution in [0.1, 0.15) is 0 Å². The van der Waals surface area contributed by atoms with Gasteiger partial charge in [0.1, 0.15) is 0 Å². The van der Waals surface area contributed by atoms with Crippen LogP contribution in [0.25, 0.3) is 0 Å². The zero-order valence-electron chi connectivity index (χ0n) is 15.4. The Labute approximate surface area is 177 Å². The van der Waals surface area contributed by atoms with Gasteiger partial charge in [0.2, 0.25) is 0 Å². The molecule has 1 saturated heterocycles. The molecule has 1 fully saturated rings. The quantitative estimate of drug-likeness (QED) is 0.283. The van der Waals surface area contributed by atoms with E-state index in [-0.39, 0.29) is 19.8 Å². The summed E-state index contributed by atoms with van der Waals surface area (Å²) in [6.45, 7) is 0.451. The Morgan fingerprint density at radius 1 is 1.04 bits per heavy atom. The van der Waals surface area contributed by atoms with Crippen molar-refractivity contribution in [2.75, 3.05) is 24.7 Å². The molecule has 6 nitrogen and oxygen atoms in total. The highest BCUT2D eigenvalue weighted by molar-refractivity contribution is 7.80. The van der Waals surface area contributed by atoms with Crippen LogP contribution >= 0.6 is 25.3 Å². The van der Waals surface area contributed by atoms with Crippen molar-refractivity contribution < 1.29 is 29.6 Å². The maximum Gasteiger partial charge on any atom is 0.494 e. The molecule has 0 aromatic heterocycles. The molecule has 152 valence electrons. The number of aliphatic hydroxyl groups is 2. The minimum absolute atomic E-state index is 0.133. The second kappa shape index (κ2) is 14.9. The summed E-state index contributed by atoms with van der Waals surface area (Å²) in [4.78, 5) is 0. The first-order valence-electron chi connectivity index (χ1n) is 8.75. The summed E-state index contributed by atoms with van der Waals surface area (Å²) in [7, 11) is -1.54. The SMILES string of the molecule is OB(O)c1ccccc1.OCC(O)CS.SCC1COB(c2ccccc2)O1. The summed E-state index contributed by atoms with van der Waals surface area (Å²) in [6, 6.07) is 18.6. The zero-order chi connectivity index (χ0) is 20.8. The number of rotatable bonds is 5. The summed E-state index contributed by atoms with van der Waals surface area (Å²) in [6.07, 6.45) is -0.512. The number of thiol groups is 2. The first-order chi connectivity index (χ1) is 13.5. The first-order valence-corrected chi connectivity index (χ1v) is 10.0. The van der Waals surface area contributed by atoms with Gasteiger partial charge >= 0.3 is 14.2 Å². The van der Waals surface area contributed by atoms with Gasteiger partial charge in [-0.3, -0.25) is 0 Å². The van der Waals surface area contributed by atoms with Gasteiger partial charge in [0.25, 0.3) is 0 Å². The van der Waals surface area contributed by atoms with Crippen molar-refractivity contribution in [2.24, 2.45) is 0 Å². The Morgan fingerprint density at radius 3 is 1.96 bits per heavy atom. The molecule has 0 aliphatic carbocycles. The molecular weight excluding hydrogens is 398 g/mol. The lowest BCUT2D eigenvalue weighted by molar-refractivity contribution is 0.114. The van der Waals surface area contributed by atoms with Gasteiger partial charge in [0.15, 0.2) is 0 Å². The Hall–Kier alpha value is -0.970. The standard InChI is InChI=1S/C9H11BO2S.C6H7BO2.C3H8O2S/c13-7-9-6-11-10(12-9)8-4-2-1-3-5-8;8-7(9)6-4-2-1-3-5-6;4-1-3(5)2-6/h1-5,9,13H,6-7H2;1-5,8-9H;3-6H,1-2H2. The van der Waals surface area contributed by atoms with Crippen molar-refractivity contribution in [1.29, 1.82) is 0 Å². The maximum absolute atomic E-state index is 8.58. The van der Waals surface area contributed by atoms with Crippen molar-refractivity contribution in [3.8, 4) is 0 Å². The molecule has 2 atom stereocenters. The van der Waals surface area contributed by atoms with Gasteiger partial charge in [-0.05, 0) is 10.9 Å². The second-order valence-corrected chi connectivity index (χ2v) is 6.55. The molecule has 2 aromatic carbocycles. The van der Waals surface area contributed by atoms with Gasteiger partial charge in [-0.25, -0.2) is 0 Å². The number of aliphatic hydroxyl groups excluding tert-OH is 2. The third kappa shape index (κ3) is 9.99. The van der Waals surface area contributed by atoms with E-state index in [0.29, 0.717) is 23.6 Å². The predicted octanol–water partition coefficient (Wildman–Crippen LogP) is -0.637. The normalized spacial score (nSPS) is 16.4. The van der Waals surface area contributed by atoms with E-state index in [1.165, 1.54) is 0 Å². The number of hydrogen-bond donors (Lipinski definition) is 6. The Bertz CT molecular complexity index is 620. The van der Waals surface area contributed by atoms with Crippen LogP contribution in [0.5, 0.6) is 0 Å². The van der Waals surface area contributed by atoms with Crippen LogP contribution < -0.4 is 10.9 Å². The van der Waals surface area contributed by atoms with Gasteiger partial charge in [-0.1, -0.05) is 60.7 Å². The minimum atomic E-state index is -1.34. The van der Waals surface area contributed by atoms with Crippen LogP contribution in [0.15, 0.2) is 60.7 Å². The lowest BCUT2D eigenvalue weighted by atomic mass is 9.80. The lowest BCUT2D eigenvalue weighted by Gasteiger charge is -2.05. The van der Waals surface area contributed by atoms with Crippen LogP contribution in [0.2, 0.25) is 0 Å². The molecule has 0 saturated carbocycles. The fraction of sp³-hybridized carbons (Fsp3) is 0.333. The van der Waals surface area contributed by atoms with Crippen LogP contribution in [-0.2, 0) is 9.31 Å². The fourth-order valence-electron chi connectivity index (χ4n) is 2.01. The molecule has 0 radical (unpaired) electrons. The molecule has 10 heteroatoms. The molecule has 0 bridgehead atoms. The molecule has 4 N–H and O–H groups in total. The number of benzene rings is 2. The molecule has 1 aliphatic heterocycles. The third-order valence-electron chi connectivity index (χ3n) is 3.54. The molecule has 1 heterocycles. The Balaban J connectivity index is 0.000000229. The Kier molecular flexibility index (Phi) is 13.4. The first kappa shape index (κ1) is 25.1. The van der Waals surface area contributed by atoms with Crippen LogP contribution in [0.4, 0.5) is 0 Å². The molecule has 28 heavy (non-hydrogen) atoms. The van der Waals surface area contributed by atoms with E-state index in [1.807, 2.05) is 36.4 Å². The van der Waals surface area contributed by atoms with Gasteiger partial charge in [-0.15, -0.1) is 0 Å². The van der Waals surface area contributed by atoms with Gasteiger partial charge < -0.3 is 29.6 Å². The Morgan fingerprint density at radius 2 is 1.61 bits per heavy atom. The molecule has 3 rings (SSSR count). The summed E-state index contributed by atoms with van der Waals surface area (Å²) in [5, 5.41) is 33.5. The largest absolute Gasteiger partial charge is 0.494 e. The second-order valence-electron chi connectivity index (χ2n) is 5.82. The predicted molar refractivity (Wildman–Crippen MR) is 120 cm³/mol. The minimum Gasteiger partial charge on any atom is -0.423 e. The van der Waals surface area contributed by atoms with E-state index in [9.17, 15) is 0 Å². The molecular formula is C18H26B2O6S2. The monoisotopic (exact) mass is 424 g/mol. The highest BCUT2D eigenvalue weighted by atomic mass is 32.1. The molecule has 2 aromatic rings. The van der Waals surface area contributed by atoms with Crippen molar-refractivity contribution in [2.45, 2.75) is 12.2 Å². The van der Waals surface area contributed by atoms with E-state index in [1.54, 1.807) is 24.3 Å². The number of hydrogen-bond acceptors (Lipinski definition) is 8. The maximum atomic E-state index is 8.58. The average molecular weight is 424 g/mol. The van der Waals surface area contributed by atoms with Crippen molar-refractivity contribution in [3.63, 3.8) is 0 Å². The van der Waals surface area contributed by atoms with Gasteiger partial charge in [-0.2, -0.15) is 25.3 Å². The highest BCUT2D eigenvalue weighted by Gasteiger charge is 2.31. The van der Waals surface area contributed by atoms with Crippen molar-refractivity contribution in [3.05, 3.63) is 60.7 Å². The van der Waals surface area contributed by atoms with Crippen LogP contribution in [0, 0.1) is 0 Å². The van der Waals surface area contributed by atoms with Crippen molar-refractivity contribution >= 4 is 50.4 Å². The van der Waals surface area contributed by atoms with E-state index in [0.717, 1.165) is 5.46 Å². The summed E-state index contributed by atoms with van der Waals surface area (Å²) < 4.78 is 11.1. The molecule has 0 spiro atoms. The van der Waals surface area contributed by atoms with Crippen LogP contribution in [0.3, 0.4) is 0 Å².